The monoisotopic (exact) mass is 396 g/mol. The number of hydrogen-bond acceptors (Lipinski definition) is 5. The number of halogens is 2. The van der Waals surface area contributed by atoms with Crippen molar-refractivity contribution in [1.82, 2.24) is 20.1 Å². The van der Waals surface area contributed by atoms with Gasteiger partial charge in [0.25, 0.3) is 0 Å². The fraction of sp³-hybridized carbons (Fsp3) is 0.188. The summed E-state index contributed by atoms with van der Waals surface area (Å²) in [5.41, 5.74) is 0.308. The molecule has 0 bridgehead atoms. The van der Waals surface area contributed by atoms with Crippen LogP contribution in [0.25, 0.3) is 10.7 Å². The average molecular weight is 397 g/mol. The molecule has 3 aromatic rings. The van der Waals surface area contributed by atoms with Gasteiger partial charge >= 0.3 is 0 Å². The molecule has 0 aliphatic heterocycles. The molecule has 0 aliphatic carbocycles. The van der Waals surface area contributed by atoms with Crippen LogP contribution in [0.5, 0.6) is 0 Å². The van der Waals surface area contributed by atoms with Gasteiger partial charge < -0.3 is 4.90 Å². The number of nitrogens with one attached hydrogen (secondary N) is 1. The molecule has 0 spiro atoms. The molecule has 1 amide bonds. The van der Waals surface area contributed by atoms with Gasteiger partial charge in [0.15, 0.2) is 5.82 Å². The summed E-state index contributed by atoms with van der Waals surface area (Å²) in [6.07, 6.45) is 0. The van der Waals surface area contributed by atoms with Gasteiger partial charge in [-0.05, 0) is 23.6 Å². The molecule has 2 aromatic heterocycles. The highest BCUT2D eigenvalue weighted by Crippen LogP contribution is 2.24. The lowest BCUT2D eigenvalue weighted by atomic mass is 10.2. The van der Waals surface area contributed by atoms with Crippen LogP contribution in [0.1, 0.15) is 5.56 Å². The minimum Gasteiger partial charge on any atom is -0.341 e. The van der Waals surface area contributed by atoms with Crippen LogP contribution in [-0.4, -0.2) is 38.8 Å². The summed E-state index contributed by atoms with van der Waals surface area (Å²) < 4.78 is 13.8. The van der Waals surface area contributed by atoms with Crippen molar-refractivity contribution >= 4 is 40.6 Å². The number of carbonyl (C=O) groups is 1. The number of hydrogen-bond donors (Lipinski definition) is 1. The summed E-state index contributed by atoms with van der Waals surface area (Å²) in [5.74, 6) is 0.252. The van der Waals surface area contributed by atoms with E-state index in [2.05, 4.69) is 15.2 Å². The van der Waals surface area contributed by atoms with Crippen molar-refractivity contribution in [2.24, 2.45) is 0 Å². The lowest BCUT2D eigenvalue weighted by molar-refractivity contribution is -0.127. The molecule has 0 radical (unpaired) electrons. The lowest BCUT2D eigenvalue weighted by Gasteiger charge is -2.18. The normalized spacial score (nSPS) is 10.8. The standard InChI is InChI=1S/C16H14ClFN4OS2/c1-22(8-10-11(17)4-2-5-12(10)18)14(23)9-25-16-19-15(20-21-16)13-6-3-7-24-13/h2-7H,8-9H2,1H3,(H,19,20,21). The van der Waals surface area contributed by atoms with Gasteiger partial charge in [0.05, 0.1) is 10.6 Å². The second-order valence-corrected chi connectivity index (χ2v) is 7.48. The SMILES string of the molecule is CN(Cc1c(F)cccc1Cl)C(=O)CSc1n[nH]c(-c2cccs2)n1. The smallest absolute Gasteiger partial charge is 0.233 e. The van der Waals surface area contributed by atoms with E-state index in [1.54, 1.807) is 24.5 Å². The number of benzene rings is 1. The van der Waals surface area contributed by atoms with Gasteiger partial charge in [-0.15, -0.1) is 16.4 Å². The van der Waals surface area contributed by atoms with E-state index in [1.807, 2.05) is 17.5 Å². The molecular weight excluding hydrogens is 383 g/mol. The molecule has 0 aliphatic rings. The zero-order valence-electron chi connectivity index (χ0n) is 13.2. The molecule has 3 rings (SSSR count). The number of nitrogens with zero attached hydrogens (tertiary/aromatic N) is 3. The Balaban J connectivity index is 1.57. The Hall–Kier alpha value is -1.90. The largest absolute Gasteiger partial charge is 0.341 e. The molecule has 5 nitrogen and oxygen atoms in total. The van der Waals surface area contributed by atoms with Gasteiger partial charge in [-0.25, -0.2) is 9.37 Å². The molecule has 0 fully saturated rings. The zero-order chi connectivity index (χ0) is 17.8. The van der Waals surface area contributed by atoms with Crippen molar-refractivity contribution in [1.29, 1.82) is 0 Å². The van der Waals surface area contributed by atoms with Crippen LogP contribution in [0.4, 0.5) is 4.39 Å². The highest BCUT2D eigenvalue weighted by atomic mass is 35.5. The predicted molar refractivity (Wildman–Crippen MR) is 98.3 cm³/mol. The van der Waals surface area contributed by atoms with E-state index >= 15 is 0 Å². The number of thiophene rings is 1. The summed E-state index contributed by atoms with van der Waals surface area (Å²) in [6.45, 7) is 0.110. The highest BCUT2D eigenvalue weighted by Gasteiger charge is 2.16. The van der Waals surface area contributed by atoms with Crippen molar-refractivity contribution in [3.8, 4) is 10.7 Å². The molecule has 2 heterocycles. The maximum atomic E-state index is 13.8. The van der Waals surface area contributed by atoms with Crippen LogP contribution < -0.4 is 0 Å². The second-order valence-electron chi connectivity index (χ2n) is 5.18. The minimum absolute atomic E-state index is 0.110. The Bertz CT molecular complexity index is 849. The van der Waals surface area contributed by atoms with Crippen LogP contribution in [0, 0.1) is 5.82 Å². The number of amides is 1. The third-order valence-electron chi connectivity index (χ3n) is 3.43. The number of H-pyrrole nitrogens is 1. The Morgan fingerprint density at radius 2 is 2.24 bits per heavy atom. The van der Waals surface area contributed by atoms with Gasteiger partial charge in [0, 0.05) is 24.2 Å². The molecule has 25 heavy (non-hydrogen) atoms. The van der Waals surface area contributed by atoms with E-state index in [0.29, 0.717) is 21.6 Å². The number of thioether (sulfide) groups is 1. The van der Waals surface area contributed by atoms with Gasteiger partial charge in [-0.2, -0.15) is 0 Å². The topological polar surface area (TPSA) is 61.9 Å². The first-order valence-electron chi connectivity index (χ1n) is 7.30. The first-order chi connectivity index (χ1) is 12.0. The molecule has 0 unspecified atom stereocenters. The van der Waals surface area contributed by atoms with Crippen LogP contribution in [0.15, 0.2) is 40.9 Å². The summed E-state index contributed by atoms with van der Waals surface area (Å²) in [4.78, 5) is 19.0. The van der Waals surface area contributed by atoms with Crippen LogP contribution in [-0.2, 0) is 11.3 Å². The molecular formula is C16H14ClFN4OS2. The highest BCUT2D eigenvalue weighted by molar-refractivity contribution is 7.99. The van der Waals surface area contributed by atoms with Crippen molar-refractivity contribution in [3.05, 3.63) is 52.1 Å². The van der Waals surface area contributed by atoms with E-state index in [-0.39, 0.29) is 18.2 Å². The molecule has 0 saturated heterocycles. The van der Waals surface area contributed by atoms with Crippen LogP contribution >= 0.6 is 34.7 Å². The number of carbonyl (C=O) groups excluding carboxylic acids is 1. The quantitative estimate of drug-likeness (QED) is 0.638. The third kappa shape index (κ3) is 4.39. The first-order valence-corrected chi connectivity index (χ1v) is 9.55. The van der Waals surface area contributed by atoms with Gasteiger partial charge in [-0.3, -0.25) is 9.89 Å². The number of aromatic nitrogens is 3. The Morgan fingerprint density at radius 1 is 1.40 bits per heavy atom. The molecule has 0 saturated carbocycles. The van der Waals surface area contributed by atoms with E-state index in [4.69, 9.17) is 11.6 Å². The summed E-state index contributed by atoms with van der Waals surface area (Å²) in [7, 11) is 1.61. The van der Waals surface area contributed by atoms with Crippen molar-refractivity contribution in [2.75, 3.05) is 12.8 Å². The Kier molecular flexibility index (Phi) is 5.72. The Labute approximate surface area is 157 Å². The summed E-state index contributed by atoms with van der Waals surface area (Å²) >= 11 is 8.78. The summed E-state index contributed by atoms with van der Waals surface area (Å²) in [6, 6.07) is 8.34. The van der Waals surface area contributed by atoms with Crippen LogP contribution in [0.3, 0.4) is 0 Å². The fourth-order valence-electron chi connectivity index (χ4n) is 2.08. The van der Waals surface area contributed by atoms with Gasteiger partial charge in [0.1, 0.15) is 5.82 Å². The molecule has 1 N–H and O–H groups in total. The number of rotatable bonds is 6. The van der Waals surface area contributed by atoms with E-state index < -0.39 is 5.82 Å². The van der Waals surface area contributed by atoms with Gasteiger partial charge in [-0.1, -0.05) is 35.5 Å². The lowest BCUT2D eigenvalue weighted by Crippen LogP contribution is -2.28. The maximum absolute atomic E-state index is 13.8. The minimum atomic E-state index is -0.422. The summed E-state index contributed by atoms with van der Waals surface area (Å²) in [5, 5.41) is 9.71. The van der Waals surface area contributed by atoms with Crippen molar-refractivity contribution in [3.63, 3.8) is 0 Å². The average Bonchev–Trinajstić information content (AvgIpc) is 3.26. The maximum Gasteiger partial charge on any atom is 0.233 e. The Morgan fingerprint density at radius 3 is 2.96 bits per heavy atom. The van der Waals surface area contributed by atoms with Crippen molar-refractivity contribution in [2.45, 2.75) is 11.7 Å². The second kappa shape index (κ2) is 7.99. The van der Waals surface area contributed by atoms with E-state index in [1.165, 1.54) is 28.8 Å². The first kappa shape index (κ1) is 17.9. The molecule has 130 valence electrons. The molecule has 0 atom stereocenters. The van der Waals surface area contributed by atoms with E-state index in [9.17, 15) is 9.18 Å². The zero-order valence-corrected chi connectivity index (χ0v) is 15.6. The van der Waals surface area contributed by atoms with Gasteiger partial charge in [0.2, 0.25) is 11.1 Å². The van der Waals surface area contributed by atoms with Crippen LogP contribution in [0.2, 0.25) is 5.02 Å². The fourth-order valence-corrected chi connectivity index (χ4v) is 3.71. The van der Waals surface area contributed by atoms with Crippen molar-refractivity contribution < 1.29 is 9.18 Å². The molecule has 9 heteroatoms. The third-order valence-corrected chi connectivity index (χ3v) is 5.49. The number of aromatic amines is 1. The molecule has 1 aromatic carbocycles. The predicted octanol–water partition coefficient (Wildman–Crippen LogP) is 4.08. The van der Waals surface area contributed by atoms with E-state index in [0.717, 1.165) is 4.88 Å².